The Labute approximate surface area is 154 Å². The molecule has 26 heavy (non-hydrogen) atoms. The molecule has 1 fully saturated rings. The van der Waals surface area contributed by atoms with Crippen LogP contribution < -0.4 is 15.2 Å². The normalized spacial score (nSPS) is 21.2. The second-order valence-electron chi connectivity index (χ2n) is 6.84. The molecule has 1 aromatic carbocycles. The summed E-state index contributed by atoms with van der Waals surface area (Å²) in [6.07, 6.45) is 3.84. The Balaban J connectivity index is 1.74. The highest BCUT2D eigenvalue weighted by Gasteiger charge is 2.33. The molecule has 7 nitrogen and oxygen atoms in total. The van der Waals surface area contributed by atoms with Crippen LogP contribution in [0.1, 0.15) is 38.2 Å². The van der Waals surface area contributed by atoms with Crippen molar-refractivity contribution in [1.82, 2.24) is 4.72 Å². The fourth-order valence-corrected chi connectivity index (χ4v) is 5.09. The predicted molar refractivity (Wildman–Crippen MR) is 96.3 cm³/mol. The zero-order valence-corrected chi connectivity index (χ0v) is 15.8. The van der Waals surface area contributed by atoms with Crippen molar-refractivity contribution in [1.29, 1.82) is 0 Å². The van der Waals surface area contributed by atoms with Crippen molar-refractivity contribution in [2.75, 3.05) is 13.2 Å². The molecule has 0 saturated heterocycles. The highest BCUT2D eigenvalue weighted by Crippen LogP contribution is 2.32. The van der Waals surface area contributed by atoms with E-state index in [-0.39, 0.29) is 24.1 Å². The largest absolute Gasteiger partial charge is 0.478 e. The summed E-state index contributed by atoms with van der Waals surface area (Å²) >= 11 is 0. The van der Waals surface area contributed by atoms with Crippen molar-refractivity contribution in [3.05, 3.63) is 23.8 Å². The van der Waals surface area contributed by atoms with Crippen molar-refractivity contribution < 1.29 is 22.7 Å². The molecule has 0 bridgehead atoms. The molecule has 8 heteroatoms. The van der Waals surface area contributed by atoms with Gasteiger partial charge in [-0.2, -0.15) is 0 Å². The number of fused-ring (bicyclic) bond motifs is 1. The van der Waals surface area contributed by atoms with Crippen molar-refractivity contribution in [2.45, 2.75) is 56.1 Å². The van der Waals surface area contributed by atoms with E-state index in [0.29, 0.717) is 23.7 Å². The lowest BCUT2D eigenvalue weighted by Gasteiger charge is -2.23. The molecule has 3 rings (SSSR count). The Morgan fingerprint density at radius 1 is 1.38 bits per heavy atom. The number of sulfonamides is 1. The van der Waals surface area contributed by atoms with E-state index in [1.807, 2.05) is 0 Å². The molecule has 0 spiro atoms. The van der Waals surface area contributed by atoms with Crippen molar-refractivity contribution in [2.24, 2.45) is 11.7 Å². The summed E-state index contributed by atoms with van der Waals surface area (Å²) in [7, 11) is -3.68. The molecule has 0 radical (unpaired) electrons. The highest BCUT2D eigenvalue weighted by molar-refractivity contribution is 7.89. The van der Waals surface area contributed by atoms with E-state index in [1.54, 1.807) is 19.1 Å². The summed E-state index contributed by atoms with van der Waals surface area (Å²) in [6, 6.07) is 4.41. The van der Waals surface area contributed by atoms with Crippen molar-refractivity contribution >= 4 is 16.0 Å². The molecule has 2 unspecified atom stereocenters. The second kappa shape index (κ2) is 7.94. The van der Waals surface area contributed by atoms with E-state index in [1.165, 1.54) is 6.07 Å². The first-order chi connectivity index (χ1) is 12.4. The summed E-state index contributed by atoms with van der Waals surface area (Å²) in [6.45, 7) is 2.29. The van der Waals surface area contributed by atoms with E-state index in [9.17, 15) is 13.2 Å². The summed E-state index contributed by atoms with van der Waals surface area (Å²) in [5.74, 6) is 0.379. The molecular formula is C18H26N2O5S. The first kappa shape index (κ1) is 19.1. The lowest BCUT2D eigenvalue weighted by atomic mass is 9.99. The number of nitrogens with two attached hydrogens (primary N) is 1. The standard InChI is InChI=1S/C18H26N2O5S/c1-2-24-18(21)17-10-13-9-14(7-8-16(13)25-17)26(22,23)20-15(11-19)12-5-3-4-6-12/h7-9,12,15,17,20H,2-6,10-11,19H2,1H3. The van der Waals surface area contributed by atoms with Gasteiger partial charge in [0.15, 0.2) is 6.10 Å². The van der Waals surface area contributed by atoms with Crippen LogP contribution in [-0.2, 0) is 26.0 Å². The third-order valence-electron chi connectivity index (χ3n) is 5.10. The van der Waals surface area contributed by atoms with Crippen LogP contribution in [-0.4, -0.2) is 39.7 Å². The fraction of sp³-hybridized carbons (Fsp3) is 0.611. The minimum Gasteiger partial charge on any atom is -0.478 e. The topological polar surface area (TPSA) is 108 Å². The number of carbonyl (C=O) groups is 1. The fourth-order valence-electron chi connectivity index (χ4n) is 3.72. The van der Waals surface area contributed by atoms with E-state index in [2.05, 4.69) is 4.72 Å². The number of hydrogen-bond donors (Lipinski definition) is 2. The molecule has 0 amide bonds. The van der Waals surface area contributed by atoms with E-state index >= 15 is 0 Å². The monoisotopic (exact) mass is 382 g/mol. The van der Waals surface area contributed by atoms with Gasteiger partial charge in [0.2, 0.25) is 10.0 Å². The smallest absolute Gasteiger partial charge is 0.347 e. The molecule has 0 aromatic heterocycles. The Hall–Kier alpha value is -1.64. The van der Waals surface area contributed by atoms with Gasteiger partial charge in [-0.25, -0.2) is 17.9 Å². The molecule has 1 saturated carbocycles. The van der Waals surface area contributed by atoms with Gasteiger partial charge in [-0.15, -0.1) is 0 Å². The summed E-state index contributed by atoms with van der Waals surface area (Å²) < 4.78 is 38.8. The van der Waals surface area contributed by atoms with Gasteiger partial charge >= 0.3 is 5.97 Å². The maximum atomic E-state index is 12.8. The van der Waals surface area contributed by atoms with Crippen LogP contribution in [0.25, 0.3) is 0 Å². The molecule has 144 valence electrons. The Morgan fingerprint density at radius 2 is 2.12 bits per heavy atom. The minimum atomic E-state index is -3.68. The molecule has 1 heterocycles. The molecule has 1 aliphatic heterocycles. The number of ether oxygens (including phenoxy) is 2. The van der Waals surface area contributed by atoms with E-state index in [0.717, 1.165) is 25.7 Å². The van der Waals surface area contributed by atoms with Crippen LogP contribution in [0.4, 0.5) is 0 Å². The molecule has 2 aliphatic rings. The number of nitrogens with one attached hydrogen (secondary N) is 1. The Morgan fingerprint density at radius 3 is 2.77 bits per heavy atom. The van der Waals surface area contributed by atoms with E-state index in [4.69, 9.17) is 15.2 Å². The van der Waals surface area contributed by atoms with Gasteiger partial charge in [-0.1, -0.05) is 12.8 Å². The number of benzene rings is 1. The van der Waals surface area contributed by atoms with Crippen molar-refractivity contribution in [3.63, 3.8) is 0 Å². The van der Waals surface area contributed by atoms with Crippen molar-refractivity contribution in [3.8, 4) is 5.75 Å². The van der Waals surface area contributed by atoms with E-state index < -0.39 is 22.1 Å². The lowest BCUT2D eigenvalue weighted by Crippen LogP contribution is -2.44. The van der Waals surface area contributed by atoms with Gasteiger partial charge in [0.05, 0.1) is 11.5 Å². The van der Waals surface area contributed by atoms with Crippen LogP contribution in [0.15, 0.2) is 23.1 Å². The average molecular weight is 382 g/mol. The van der Waals surface area contributed by atoms with Gasteiger partial charge in [-0.3, -0.25) is 0 Å². The van der Waals surface area contributed by atoms with Crippen LogP contribution in [0, 0.1) is 5.92 Å². The van der Waals surface area contributed by atoms with Gasteiger partial charge in [-0.05, 0) is 49.4 Å². The highest BCUT2D eigenvalue weighted by atomic mass is 32.2. The Bertz CT molecular complexity index is 759. The quantitative estimate of drug-likeness (QED) is 0.689. The first-order valence-corrected chi connectivity index (χ1v) is 10.6. The van der Waals surface area contributed by atoms with Gasteiger partial charge < -0.3 is 15.2 Å². The predicted octanol–water partition coefficient (Wildman–Crippen LogP) is 1.35. The molecular weight excluding hydrogens is 356 g/mol. The van der Waals surface area contributed by atoms with Gasteiger partial charge in [0, 0.05) is 19.0 Å². The molecule has 3 N–H and O–H groups in total. The average Bonchev–Trinajstić information content (AvgIpc) is 3.28. The number of hydrogen-bond acceptors (Lipinski definition) is 6. The maximum Gasteiger partial charge on any atom is 0.347 e. The lowest BCUT2D eigenvalue weighted by molar-refractivity contribution is -0.150. The minimum absolute atomic E-state index is 0.167. The summed E-state index contributed by atoms with van der Waals surface area (Å²) in [5.41, 5.74) is 6.50. The summed E-state index contributed by atoms with van der Waals surface area (Å²) in [4.78, 5) is 12.0. The number of esters is 1. The molecule has 1 aromatic rings. The SMILES string of the molecule is CCOC(=O)C1Cc2cc(S(=O)(=O)NC(CN)C3CCCC3)ccc2O1. The second-order valence-corrected chi connectivity index (χ2v) is 8.55. The molecule has 2 atom stereocenters. The number of rotatable bonds is 7. The van der Waals surface area contributed by atoms with Crippen LogP contribution >= 0.6 is 0 Å². The summed E-state index contributed by atoms with van der Waals surface area (Å²) in [5, 5.41) is 0. The number of carbonyl (C=O) groups excluding carboxylic acids is 1. The Kier molecular flexibility index (Phi) is 5.84. The van der Waals surface area contributed by atoms with Gasteiger partial charge in [0.1, 0.15) is 5.75 Å². The zero-order valence-electron chi connectivity index (χ0n) is 14.9. The van der Waals surface area contributed by atoms with Crippen LogP contribution in [0.5, 0.6) is 5.75 Å². The van der Waals surface area contributed by atoms with Gasteiger partial charge in [0.25, 0.3) is 0 Å². The zero-order chi connectivity index (χ0) is 18.7. The third kappa shape index (κ3) is 4.02. The van der Waals surface area contributed by atoms with Crippen LogP contribution in [0.3, 0.4) is 0 Å². The maximum absolute atomic E-state index is 12.8. The third-order valence-corrected chi connectivity index (χ3v) is 6.58. The molecule has 1 aliphatic carbocycles. The van der Waals surface area contributed by atoms with Crippen LogP contribution in [0.2, 0.25) is 0 Å². The first-order valence-electron chi connectivity index (χ1n) is 9.13.